The van der Waals surface area contributed by atoms with E-state index in [0.717, 1.165) is 15.4 Å². The highest BCUT2D eigenvalue weighted by atomic mass is 79.9. The molecule has 0 bridgehead atoms. The van der Waals surface area contributed by atoms with Crippen molar-refractivity contribution in [2.45, 2.75) is 52.0 Å². The van der Waals surface area contributed by atoms with E-state index < -0.39 is 0 Å². The molecule has 0 aromatic carbocycles. The van der Waals surface area contributed by atoms with Crippen LogP contribution in [-0.4, -0.2) is 6.54 Å². The Morgan fingerprint density at radius 3 is 2.67 bits per heavy atom. The average molecular weight is 351 g/mol. The average Bonchev–Trinajstić information content (AvgIpc) is 2.88. The molecule has 102 valence electrons. The van der Waals surface area contributed by atoms with Crippen LogP contribution in [0.5, 0.6) is 0 Å². The molecule has 1 atom stereocenters. The lowest BCUT2D eigenvalue weighted by Crippen LogP contribution is -2.34. The van der Waals surface area contributed by atoms with E-state index in [9.17, 15) is 0 Å². The van der Waals surface area contributed by atoms with Crippen molar-refractivity contribution in [1.82, 2.24) is 5.32 Å². The van der Waals surface area contributed by atoms with Gasteiger partial charge in [0.2, 0.25) is 0 Å². The lowest BCUT2D eigenvalue weighted by molar-refractivity contribution is 0.227. The van der Waals surface area contributed by atoms with Gasteiger partial charge in [-0.05, 0) is 53.2 Å². The summed E-state index contributed by atoms with van der Waals surface area (Å²) in [6, 6.07) is 2.58. The predicted molar refractivity (Wildman–Crippen MR) is 84.6 cm³/mol. The van der Waals surface area contributed by atoms with E-state index in [1.165, 1.54) is 37.0 Å². The zero-order chi connectivity index (χ0) is 13.2. The second kappa shape index (κ2) is 6.25. The number of halogens is 2. The van der Waals surface area contributed by atoms with E-state index in [1.807, 2.05) is 0 Å². The van der Waals surface area contributed by atoms with Crippen LogP contribution in [0.1, 0.15) is 56.9 Å². The van der Waals surface area contributed by atoms with Crippen LogP contribution >= 0.6 is 38.9 Å². The third kappa shape index (κ3) is 3.12. The van der Waals surface area contributed by atoms with Gasteiger partial charge in [-0.1, -0.05) is 38.3 Å². The van der Waals surface area contributed by atoms with Gasteiger partial charge < -0.3 is 5.32 Å². The van der Waals surface area contributed by atoms with E-state index in [0.29, 0.717) is 11.5 Å². The fraction of sp³-hybridized carbons (Fsp3) is 0.714. The Labute approximate surface area is 127 Å². The Morgan fingerprint density at radius 1 is 1.50 bits per heavy atom. The molecule has 1 unspecified atom stereocenters. The standard InChI is InChI=1S/C14H21BrClNS/c1-3-8-17-12(14(2)6-4-5-7-14)11-9-10(16)13(15)18-11/h9,12,17H,3-8H2,1-2H3. The number of hydrogen-bond acceptors (Lipinski definition) is 2. The normalized spacial score (nSPS) is 20.2. The SMILES string of the molecule is CCCNC(c1cc(Cl)c(Br)s1)C1(C)CCCC1. The maximum absolute atomic E-state index is 6.20. The molecular weight excluding hydrogens is 330 g/mol. The first-order valence-corrected chi connectivity index (χ1v) is 8.73. The lowest BCUT2D eigenvalue weighted by atomic mass is 9.80. The first-order valence-electron chi connectivity index (χ1n) is 6.75. The third-order valence-electron chi connectivity index (χ3n) is 3.99. The first-order chi connectivity index (χ1) is 8.57. The van der Waals surface area contributed by atoms with Crippen LogP contribution in [0.25, 0.3) is 0 Å². The van der Waals surface area contributed by atoms with Gasteiger partial charge in [-0.2, -0.15) is 0 Å². The second-order valence-corrected chi connectivity index (χ2v) is 8.33. The molecule has 1 aromatic heterocycles. The van der Waals surface area contributed by atoms with Crippen LogP contribution in [0.15, 0.2) is 9.85 Å². The van der Waals surface area contributed by atoms with E-state index in [2.05, 4.69) is 41.2 Å². The number of thiophene rings is 1. The number of rotatable bonds is 5. The van der Waals surface area contributed by atoms with Crippen molar-refractivity contribution < 1.29 is 0 Å². The molecule has 1 N–H and O–H groups in total. The molecule has 0 amide bonds. The number of hydrogen-bond donors (Lipinski definition) is 1. The number of nitrogens with one attached hydrogen (secondary N) is 1. The van der Waals surface area contributed by atoms with E-state index in [-0.39, 0.29) is 0 Å². The highest BCUT2D eigenvalue weighted by Gasteiger charge is 2.38. The van der Waals surface area contributed by atoms with E-state index in [4.69, 9.17) is 11.6 Å². The fourth-order valence-corrected chi connectivity index (χ4v) is 4.96. The summed E-state index contributed by atoms with van der Waals surface area (Å²) in [4.78, 5) is 1.38. The molecule has 2 rings (SSSR count). The third-order valence-corrected chi connectivity index (χ3v) is 6.53. The summed E-state index contributed by atoms with van der Waals surface area (Å²) >= 11 is 11.5. The van der Waals surface area contributed by atoms with E-state index in [1.54, 1.807) is 11.3 Å². The summed E-state index contributed by atoms with van der Waals surface area (Å²) < 4.78 is 1.06. The van der Waals surface area contributed by atoms with Crippen molar-refractivity contribution in [3.05, 3.63) is 19.8 Å². The fourth-order valence-electron chi connectivity index (χ4n) is 2.96. The van der Waals surface area contributed by atoms with Gasteiger partial charge in [0.15, 0.2) is 0 Å². The van der Waals surface area contributed by atoms with Crippen LogP contribution < -0.4 is 5.32 Å². The van der Waals surface area contributed by atoms with Crippen molar-refractivity contribution >= 4 is 38.9 Å². The minimum atomic E-state index is 0.392. The second-order valence-electron chi connectivity index (χ2n) is 5.52. The van der Waals surface area contributed by atoms with Crippen LogP contribution in [-0.2, 0) is 0 Å². The van der Waals surface area contributed by atoms with Crippen molar-refractivity contribution in [2.75, 3.05) is 6.54 Å². The van der Waals surface area contributed by atoms with Crippen molar-refractivity contribution in [1.29, 1.82) is 0 Å². The molecule has 1 aromatic rings. The molecule has 0 spiro atoms. The van der Waals surface area contributed by atoms with Crippen LogP contribution in [0.3, 0.4) is 0 Å². The molecule has 1 aliphatic carbocycles. The summed E-state index contributed by atoms with van der Waals surface area (Å²) in [5.41, 5.74) is 0.392. The smallest absolute Gasteiger partial charge is 0.0888 e. The van der Waals surface area contributed by atoms with Gasteiger partial charge in [-0.3, -0.25) is 0 Å². The van der Waals surface area contributed by atoms with Gasteiger partial charge in [0.05, 0.1) is 8.81 Å². The van der Waals surface area contributed by atoms with Gasteiger partial charge in [-0.15, -0.1) is 11.3 Å². The van der Waals surface area contributed by atoms with Crippen molar-refractivity contribution in [2.24, 2.45) is 5.41 Å². The first kappa shape index (κ1) is 14.8. The summed E-state index contributed by atoms with van der Waals surface area (Å²) in [5, 5.41) is 4.59. The quantitative estimate of drug-likeness (QED) is 0.709. The topological polar surface area (TPSA) is 12.0 Å². The van der Waals surface area contributed by atoms with Crippen LogP contribution in [0.2, 0.25) is 5.02 Å². The molecule has 4 heteroatoms. The maximum Gasteiger partial charge on any atom is 0.0888 e. The lowest BCUT2D eigenvalue weighted by Gasteiger charge is -2.34. The summed E-state index contributed by atoms with van der Waals surface area (Å²) in [7, 11) is 0. The molecule has 18 heavy (non-hydrogen) atoms. The molecule has 1 saturated carbocycles. The van der Waals surface area contributed by atoms with Gasteiger partial charge in [-0.25, -0.2) is 0 Å². The summed E-state index contributed by atoms with van der Waals surface area (Å²) in [6.07, 6.45) is 6.54. The Balaban J connectivity index is 2.24. The van der Waals surface area contributed by atoms with Crippen molar-refractivity contribution in [3.8, 4) is 0 Å². The van der Waals surface area contributed by atoms with Gasteiger partial charge in [0.1, 0.15) is 0 Å². The van der Waals surface area contributed by atoms with Crippen LogP contribution in [0, 0.1) is 5.41 Å². The Bertz CT molecular complexity index is 379. The van der Waals surface area contributed by atoms with Crippen molar-refractivity contribution in [3.63, 3.8) is 0 Å². The Kier molecular flexibility index (Phi) is 5.15. The largest absolute Gasteiger partial charge is 0.309 e. The Morgan fingerprint density at radius 2 is 2.17 bits per heavy atom. The summed E-state index contributed by atoms with van der Waals surface area (Å²) in [6.45, 7) is 5.72. The zero-order valence-electron chi connectivity index (χ0n) is 11.1. The highest BCUT2D eigenvalue weighted by molar-refractivity contribution is 9.11. The van der Waals surface area contributed by atoms with Gasteiger partial charge in [0, 0.05) is 10.9 Å². The summed E-state index contributed by atoms with van der Waals surface area (Å²) in [5.74, 6) is 0. The predicted octanol–water partition coefficient (Wildman–Crippen LogP) is 5.79. The van der Waals surface area contributed by atoms with Crippen LogP contribution in [0.4, 0.5) is 0 Å². The van der Waals surface area contributed by atoms with Gasteiger partial charge >= 0.3 is 0 Å². The molecule has 1 nitrogen and oxygen atoms in total. The highest BCUT2D eigenvalue weighted by Crippen LogP contribution is 2.50. The molecule has 0 radical (unpaired) electrons. The molecule has 0 saturated heterocycles. The van der Waals surface area contributed by atoms with E-state index >= 15 is 0 Å². The molecule has 0 aliphatic heterocycles. The zero-order valence-corrected chi connectivity index (χ0v) is 14.2. The molecule has 1 heterocycles. The molecule has 1 fully saturated rings. The van der Waals surface area contributed by atoms with Gasteiger partial charge in [0.25, 0.3) is 0 Å². The maximum atomic E-state index is 6.20. The minimum absolute atomic E-state index is 0.392. The Hall–Kier alpha value is 0.430. The minimum Gasteiger partial charge on any atom is -0.309 e. The monoisotopic (exact) mass is 349 g/mol. The molecular formula is C14H21BrClNS. The molecule has 1 aliphatic rings.